The second kappa shape index (κ2) is 6.68. The number of nitrogens with one attached hydrogen (secondary N) is 1. The molecule has 1 saturated heterocycles. The smallest absolute Gasteiger partial charge is 0.161 e. The fourth-order valence-corrected chi connectivity index (χ4v) is 3.99. The Hall–Kier alpha value is -2.77. The van der Waals surface area contributed by atoms with Crippen LogP contribution in [-0.2, 0) is 0 Å². The molecule has 28 heavy (non-hydrogen) atoms. The molecular weight excluding hydrogens is 374 g/mol. The molecule has 0 unspecified atom stereocenters. The molecule has 0 saturated carbocycles. The van der Waals surface area contributed by atoms with Gasteiger partial charge in [0, 0.05) is 31.6 Å². The molecule has 8 heteroatoms. The maximum Gasteiger partial charge on any atom is 0.161 e. The molecule has 0 bridgehead atoms. The van der Waals surface area contributed by atoms with Crippen LogP contribution in [0, 0.1) is 13.8 Å². The first-order valence-electron chi connectivity index (χ1n) is 9.35. The molecule has 0 atom stereocenters. The van der Waals surface area contributed by atoms with Crippen molar-refractivity contribution in [3.63, 3.8) is 0 Å². The van der Waals surface area contributed by atoms with E-state index in [2.05, 4.69) is 25.3 Å². The third kappa shape index (κ3) is 2.87. The minimum Gasteiger partial charge on any atom is -0.367 e. The molecule has 0 aromatic carbocycles. The maximum absolute atomic E-state index is 6.71. The van der Waals surface area contributed by atoms with Crippen molar-refractivity contribution in [2.24, 2.45) is 0 Å². The molecule has 1 N–H and O–H groups in total. The summed E-state index contributed by atoms with van der Waals surface area (Å²) < 4.78 is 1.81. The number of anilines is 1. The Morgan fingerprint density at radius 3 is 2.71 bits per heavy atom. The summed E-state index contributed by atoms with van der Waals surface area (Å²) in [6.45, 7) is 7.74. The first-order valence-corrected chi connectivity index (χ1v) is 9.73. The highest BCUT2D eigenvalue weighted by Crippen LogP contribution is 2.32. The lowest BCUT2D eigenvalue weighted by Crippen LogP contribution is -2.43. The number of piperazine rings is 1. The standard InChI is InChI=1S/C20H20ClN7/c1-12-9-16(26-28-11-13(2)24-20(12)28)15-4-3-14-18(21)17(10-23-19(14)25-15)27-7-5-22-6-8-27/h3-4,9-11,22H,5-8H2,1-2H3. The number of aryl methyl sites for hydroxylation is 2. The Kier molecular flexibility index (Phi) is 4.14. The molecule has 5 heterocycles. The minimum absolute atomic E-state index is 0.628. The molecule has 5 rings (SSSR count). The maximum atomic E-state index is 6.71. The molecular formula is C20H20ClN7. The van der Waals surface area contributed by atoms with Crippen molar-refractivity contribution in [1.82, 2.24) is 29.9 Å². The van der Waals surface area contributed by atoms with E-state index in [-0.39, 0.29) is 0 Å². The van der Waals surface area contributed by atoms with E-state index in [0.29, 0.717) is 10.7 Å². The van der Waals surface area contributed by atoms with Crippen molar-refractivity contribution in [3.05, 3.63) is 46.9 Å². The molecule has 0 aliphatic carbocycles. The van der Waals surface area contributed by atoms with E-state index in [1.807, 2.05) is 44.4 Å². The first-order chi connectivity index (χ1) is 13.6. The quantitative estimate of drug-likeness (QED) is 0.564. The summed E-state index contributed by atoms with van der Waals surface area (Å²) in [6.07, 6.45) is 3.75. The minimum atomic E-state index is 0.628. The predicted octanol–water partition coefficient (Wildman–Crippen LogP) is 3.02. The Bertz CT molecular complexity index is 1190. The van der Waals surface area contributed by atoms with Crippen LogP contribution in [0.2, 0.25) is 5.02 Å². The van der Waals surface area contributed by atoms with Crippen LogP contribution in [0.25, 0.3) is 28.1 Å². The number of fused-ring (bicyclic) bond motifs is 2. The fourth-order valence-electron chi connectivity index (χ4n) is 3.67. The van der Waals surface area contributed by atoms with Gasteiger partial charge in [-0.1, -0.05) is 11.6 Å². The zero-order valence-electron chi connectivity index (χ0n) is 15.8. The van der Waals surface area contributed by atoms with Gasteiger partial charge < -0.3 is 10.2 Å². The summed E-state index contributed by atoms with van der Waals surface area (Å²) in [4.78, 5) is 16.1. The summed E-state index contributed by atoms with van der Waals surface area (Å²) in [6, 6.07) is 5.94. The Labute approximate surface area is 167 Å². The van der Waals surface area contributed by atoms with Crippen molar-refractivity contribution < 1.29 is 0 Å². The lowest BCUT2D eigenvalue weighted by atomic mass is 10.2. The summed E-state index contributed by atoms with van der Waals surface area (Å²) in [5, 5.41) is 9.58. The molecule has 1 fully saturated rings. The van der Waals surface area contributed by atoms with E-state index in [1.54, 1.807) is 4.52 Å². The highest BCUT2D eigenvalue weighted by molar-refractivity contribution is 6.37. The van der Waals surface area contributed by atoms with Crippen LogP contribution in [0.5, 0.6) is 0 Å². The average molecular weight is 394 g/mol. The van der Waals surface area contributed by atoms with Crippen LogP contribution in [0.4, 0.5) is 5.69 Å². The molecule has 4 aromatic rings. The molecule has 7 nitrogen and oxygen atoms in total. The average Bonchev–Trinajstić information content (AvgIpc) is 3.09. The van der Waals surface area contributed by atoms with E-state index in [4.69, 9.17) is 16.6 Å². The normalized spacial score (nSPS) is 14.9. The van der Waals surface area contributed by atoms with Crippen molar-refractivity contribution in [2.45, 2.75) is 13.8 Å². The molecule has 0 radical (unpaired) electrons. The number of halogens is 1. The first kappa shape index (κ1) is 17.3. The van der Waals surface area contributed by atoms with Gasteiger partial charge in [0.2, 0.25) is 0 Å². The van der Waals surface area contributed by atoms with E-state index in [0.717, 1.165) is 65.5 Å². The van der Waals surface area contributed by atoms with Crippen LogP contribution in [0.1, 0.15) is 11.3 Å². The van der Waals surface area contributed by atoms with E-state index >= 15 is 0 Å². The van der Waals surface area contributed by atoms with Gasteiger partial charge in [0.25, 0.3) is 0 Å². The number of nitrogens with zero attached hydrogens (tertiary/aromatic N) is 6. The number of hydrogen-bond donors (Lipinski definition) is 1. The number of pyridine rings is 2. The third-order valence-corrected chi connectivity index (χ3v) is 5.49. The van der Waals surface area contributed by atoms with Crippen molar-refractivity contribution >= 4 is 34.0 Å². The van der Waals surface area contributed by atoms with Crippen LogP contribution in [-0.4, -0.2) is 50.7 Å². The van der Waals surface area contributed by atoms with Crippen molar-refractivity contribution in [3.8, 4) is 11.4 Å². The topological polar surface area (TPSA) is 71.2 Å². The monoisotopic (exact) mass is 393 g/mol. The number of rotatable bonds is 2. The Morgan fingerprint density at radius 1 is 1.07 bits per heavy atom. The Morgan fingerprint density at radius 2 is 1.89 bits per heavy atom. The Balaban J connectivity index is 1.58. The molecule has 0 spiro atoms. The highest BCUT2D eigenvalue weighted by Gasteiger charge is 2.17. The van der Waals surface area contributed by atoms with Gasteiger partial charge in [0.1, 0.15) is 5.69 Å². The SMILES string of the molecule is Cc1cn2nc(-c3ccc4c(Cl)c(N5CCNCC5)cnc4n3)cc(C)c2n1. The summed E-state index contributed by atoms with van der Waals surface area (Å²) >= 11 is 6.71. The van der Waals surface area contributed by atoms with Crippen molar-refractivity contribution in [2.75, 3.05) is 31.1 Å². The molecule has 0 amide bonds. The summed E-state index contributed by atoms with van der Waals surface area (Å²) in [5.74, 6) is 0. The largest absolute Gasteiger partial charge is 0.367 e. The molecule has 1 aliphatic heterocycles. The number of imidazole rings is 1. The molecule has 4 aromatic heterocycles. The van der Waals surface area contributed by atoms with E-state index in [1.165, 1.54) is 0 Å². The van der Waals surface area contributed by atoms with Gasteiger partial charge >= 0.3 is 0 Å². The third-order valence-electron chi connectivity index (χ3n) is 5.10. The summed E-state index contributed by atoms with van der Waals surface area (Å²) in [5.41, 5.74) is 6.00. The van der Waals surface area contributed by atoms with Gasteiger partial charge in [0.15, 0.2) is 11.3 Å². The van der Waals surface area contributed by atoms with Gasteiger partial charge in [0.05, 0.1) is 34.5 Å². The van der Waals surface area contributed by atoms with Crippen molar-refractivity contribution in [1.29, 1.82) is 0 Å². The zero-order valence-corrected chi connectivity index (χ0v) is 16.5. The van der Waals surface area contributed by atoms with Crippen LogP contribution >= 0.6 is 11.6 Å². The second-order valence-corrected chi connectivity index (χ2v) is 7.50. The van der Waals surface area contributed by atoms with Gasteiger partial charge in [-0.25, -0.2) is 19.5 Å². The number of hydrogen-bond acceptors (Lipinski definition) is 6. The highest BCUT2D eigenvalue weighted by atomic mass is 35.5. The lowest BCUT2D eigenvalue weighted by Gasteiger charge is -2.30. The number of aromatic nitrogens is 5. The van der Waals surface area contributed by atoms with Gasteiger partial charge in [-0.15, -0.1) is 0 Å². The lowest BCUT2D eigenvalue weighted by molar-refractivity contribution is 0.589. The van der Waals surface area contributed by atoms with E-state index < -0.39 is 0 Å². The second-order valence-electron chi connectivity index (χ2n) is 7.13. The summed E-state index contributed by atoms with van der Waals surface area (Å²) in [7, 11) is 0. The van der Waals surface area contributed by atoms with Gasteiger partial charge in [-0.3, -0.25) is 0 Å². The predicted molar refractivity (Wildman–Crippen MR) is 111 cm³/mol. The molecule has 142 valence electrons. The fraction of sp³-hybridized carbons (Fsp3) is 0.300. The van der Waals surface area contributed by atoms with Gasteiger partial charge in [-0.05, 0) is 37.6 Å². The van der Waals surface area contributed by atoms with E-state index in [9.17, 15) is 0 Å². The van der Waals surface area contributed by atoms with Crippen LogP contribution in [0.3, 0.4) is 0 Å². The molecule has 1 aliphatic rings. The zero-order chi connectivity index (χ0) is 19.3. The van der Waals surface area contributed by atoms with Crippen LogP contribution < -0.4 is 10.2 Å². The van der Waals surface area contributed by atoms with Gasteiger partial charge in [-0.2, -0.15) is 5.10 Å². The van der Waals surface area contributed by atoms with Crippen LogP contribution in [0.15, 0.2) is 30.6 Å².